The highest BCUT2D eigenvalue weighted by molar-refractivity contribution is 5.98. The third-order valence-corrected chi connectivity index (χ3v) is 6.48. The second-order valence-corrected chi connectivity index (χ2v) is 9.12. The predicted molar refractivity (Wildman–Crippen MR) is 132 cm³/mol. The summed E-state index contributed by atoms with van der Waals surface area (Å²) in [4.78, 5) is 22.6. The summed E-state index contributed by atoms with van der Waals surface area (Å²) < 4.78 is 36.6. The summed E-state index contributed by atoms with van der Waals surface area (Å²) in [5.74, 6) is 1.00. The number of hydrogen-bond donors (Lipinski definition) is 1. The Labute approximate surface area is 212 Å². The highest BCUT2D eigenvalue weighted by Crippen LogP contribution is 2.26. The molecule has 0 radical (unpaired) electrons. The minimum atomic E-state index is -2.91. The Bertz CT molecular complexity index is 1370. The largest absolute Gasteiger partial charge is 0.435 e. The van der Waals surface area contributed by atoms with Crippen molar-refractivity contribution >= 4 is 16.8 Å². The van der Waals surface area contributed by atoms with E-state index in [1.54, 1.807) is 54.6 Å². The van der Waals surface area contributed by atoms with Crippen LogP contribution in [0.25, 0.3) is 10.9 Å². The fourth-order valence-electron chi connectivity index (χ4n) is 4.51. The lowest BCUT2D eigenvalue weighted by Crippen LogP contribution is -2.29. The van der Waals surface area contributed by atoms with E-state index in [2.05, 4.69) is 20.1 Å². The molecule has 1 atom stereocenters. The SMILES string of the molecule is Cn1cc([C@@H](NC(=O)c2ccc3cnc(CC4CCOCC4)nc3c2)c2ccc(OC(F)F)cc2)cn1. The molecule has 3 heterocycles. The van der Waals surface area contributed by atoms with Crippen LogP contribution in [0.15, 0.2) is 61.1 Å². The molecule has 192 valence electrons. The van der Waals surface area contributed by atoms with Crippen molar-refractivity contribution in [2.45, 2.75) is 31.9 Å². The zero-order valence-corrected chi connectivity index (χ0v) is 20.3. The van der Waals surface area contributed by atoms with Gasteiger partial charge >= 0.3 is 6.61 Å². The Morgan fingerprint density at radius 1 is 1.14 bits per heavy atom. The van der Waals surface area contributed by atoms with Crippen molar-refractivity contribution in [2.75, 3.05) is 13.2 Å². The van der Waals surface area contributed by atoms with E-state index in [-0.39, 0.29) is 11.7 Å². The number of carbonyl (C=O) groups is 1. The highest BCUT2D eigenvalue weighted by Gasteiger charge is 2.21. The van der Waals surface area contributed by atoms with Crippen molar-refractivity contribution in [3.05, 3.63) is 83.6 Å². The van der Waals surface area contributed by atoms with E-state index in [0.29, 0.717) is 22.6 Å². The molecule has 4 aromatic rings. The Balaban J connectivity index is 1.38. The molecule has 1 aliphatic heterocycles. The number of rotatable bonds is 8. The zero-order chi connectivity index (χ0) is 25.8. The molecule has 2 aromatic heterocycles. The van der Waals surface area contributed by atoms with E-state index in [1.165, 1.54) is 12.1 Å². The van der Waals surface area contributed by atoms with Gasteiger partial charge in [0.15, 0.2) is 0 Å². The molecule has 0 unspecified atom stereocenters. The summed E-state index contributed by atoms with van der Waals surface area (Å²) in [6.45, 7) is -1.38. The summed E-state index contributed by atoms with van der Waals surface area (Å²) in [7, 11) is 1.78. The van der Waals surface area contributed by atoms with Gasteiger partial charge in [0.25, 0.3) is 5.91 Å². The van der Waals surface area contributed by atoms with Gasteiger partial charge in [0.05, 0.1) is 17.8 Å². The summed E-state index contributed by atoms with van der Waals surface area (Å²) in [5, 5.41) is 8.11. The van der Waals surface area contributed by atoms with Gasteiger partial charge < -0.3 is 14.8 Å². The fraction of sp³-hybridized carbons (Fsp3) is 0.333. The molecular formula is C27H27F2N5O3. The minimum Gasteiger partial charge on any atom is -0.435 e. The van der Waals surface area contributed by atoms with Gasteiger partial charge in [-0.2, -0.15) is 13.9 Å². The normalized spacial score (nSPS) is 15.1. The van der Waals surface area contributed by atoms with Gasteiger partial charge in [0.1, 0.15) is 11.6 Å². The molecule has 1 fully saturated rings. The van der Waals surface area contributed by atoms with Crippen LogP contribution in [0.2, 0.25) is 0 Å². The van der Waals surface area contributed by atoms with Crippen LogP contribution in [0, 0.1) is 5.92 Å². The first-order chi connectivity index (χ1) is 17.9. The second-order valence-electron chi connectivity index (χ2n) is 9.12. The molecular weight excluding hydrogens is 480 g/mol. The summed E-state index contributed by atoms with van der Waals surface area (Å²) >= 11 is 0. The number of fused-ring (bicyclic) bond motifs is 1. The molecule has 0 bridgehead atoms. The van der Waals surface area contributed by atoms with Crippen LogP contribution < -0.4 is 10.1 Å². The summed E-state index contributed by atoms with van der Waals surface area (Å²) in [6.07, 6.45) is 8.02. The number of halogens is 2. The molecule has 37 heavy (non-hydrogen) atoms. The molecule has 0 spiro atoms. The minimum absolute atomic E-state index is 0.0424. The maximum Gasteiger partial charge on any atom is 0.387 e. The number of carbonyl (C=O) groups excluding carboxylic acids is 1. The Morgan fingerprint density at radius 3 is 2.62 bits per heavy atom. The van der Waals surface area contributed by atoms with Crippen LogP contribution in [0.1, 0.15) is 46.2 Å². The molecule has 8 nitrogen and oxygen atoms in total. The lowest BCUT2D eigenvalue weighted by Gasteiger charge is -2.21. The monoisotopic (exact) mass is 507 g/mol. The number of benzene rings is 2. The van der Waals surface area contributed by atoms with Gasteiger partial charge in [-0.25, -0.2) is 9.97 Å². The first-order valence-electron chi connectivity index (χ1n) is 12.1. The molecule has 0 saturated carbocycles. The number of ether oxygens (including phenoxy) is 2. The second kappa shape index (κ2) is 11.0. The molecule has 1 saturated heterocycles. The van der Waals surface area contributed by atoms with Crippen LogP contribution in [-0.2, 0) is 18.2 Å². The number of nitrogens with one attached hydrogen (secondary N) is 1. The van der Waals surface area contributed by atoms with Crippen molar-refractivity contribution in [1.29, 1.82) is 0 Å². The molecule has 1 N–H and O–H groups in total. The Morgan fingerprint density at radius 2 is 1.92 bits per heavy atom. The van der Waals surface area contributed by atoms with Crippen molar-refractivity contribution in [3.8, 4) is 5.75 Å². The van der Waals surface area contributed by atoms with E-state index in [9.17, 15) is 13.6 Å². The molecule has 1 aliphatic rings. The highest BCUT2D eigenvalue weighted by atomic mass is 19.3. The number of amides is 1. The van der Waals surface area contributed by atoms with Gasteiger partial charge in [0.2, 0.25) is 0 Å². The van der Waals surface area contributed by atoms with Gasteiger partial charge in [-0.1, -0.05) is 18.2 Å². The lowest BCUT2D eigenvalue weighted by molar-refractivity contribution is -0.0498. The van der Waals surface area contributed by atoms with Crippen LogP contribution in [-0.4, -0.2) is 45.5 Å². The smallest absolute Gasteiger partial charge is 0.387 e. The Kier molecular flexibility index (Phi) is 7.36. The number of nitrogens with zero attached hydrogens (tertiary/aromatic N) is 4. The fourth-order valence-corrected chi connectivity index (χ4v) is 4.51. The lowest BCUT2D eigenvalue weighted by atomic mass is 9.96. The zero-order valence-electron chi connectivity index (χ0n) is 20.3. The topological polar surface area (TPSA) is 91.2 Å². The van der Waals surface area contributed by atoms with Gasteiger partial charge in [-0.05, 0) is 48.6 Å². The molecule has 5 rings (SSSR count). The van der Waals surface area contributed by atoms with E-state index in [1.807, 2.05) is 6.07 Å². The number of alkyl halides is 2. The van der Waals surface area contributed by atoms with Crippen molar-refractivity contribution in [1.82, 2.24) is 25.1 Å². The van der Waals surface area contributed by atoms with Crippen molar-refractivity contribution in [3.63, 3.8) is 0 Å². The van der Waals surface area contributed by atoms with Crippen molar-refractivity contribution in [2.24, 2.45) is 13.0 Å². The quantitative estimate of drug-likeness (QED) is 0.379. The standard InChI is InChI=1S/C27H27F2N5O3/c1-34-16-21(15-31-34)25(18-4-6-22(7-5-18)37-27(28)29)33-26(35)19-2-3-20-14-30-24(32-23(20)13-19)12-17-8-10-36-11-9-17/h2-7,13-17,25,27H,8-12H2,1H3,(H,33,35)/t25-/m0/s1. The number of hydrogen-bond acceptors (Lipinski definition) is 6. The molecule has 1 amide bonds. The van der Waals surface area contributed by atoms with Crippen LogP contribution in [0.4, 0.5) is 8.78 Å². The van der Waals surface area contributed by atoms with E-state index in [4.69, 9.17) is 9.72 Å². The van der Waals surface area contributed by atoms with Crippen molar-refractivity contribution < 1.29 is 23.0 Å². The first-order valence-corrected chi connectivity index (χ1v) is 12.1. The molecule has 0 aliphatic carbocycles. The van der Waals surface area contributed by atoms with Gasteiger partial charge in [-0.15, -0.1) is 0 Å². The third-order valence-electron chi connectivity index (χ3n) is 6.48. The summed E-state index contributed by atoms with van der Waals surface area (Å²) in [5.41, 5.74) is 2.61. The maximum atomic E-state index is 13.3. The van der Waals surface area contributed by atoms with Crippen LogP contribution in [0.5, 0.6) is 5.75 Å². The first kappa shape index (κ1) is 24.8. The van der Waals surface area contributed by atoms with Crippen LogP contribution in [0.3, 0.4) is 0 Å². The number of aromatic nitrogens is 4. The summed E-state index contributed by atoms with van der Waals surface area (Å²) in [6, 6.07) is 11.0. The van der Waals surface area contributed by atoms with E-state index < -0.39 is 12.7 Å². The van der Waals surface area contributed by atoms with E-state index in [0.717, 1.165) is 49.3 Å². The average molecular weight is 508 g/mol. The average Bonchev–Trinajstić information content (AvgIpc) is 3.33. The molecule has 10 heteroatoms. The van der Waals surface area contributed by atoms with Gasteiger partial charge in [0, 0.05) is 55.6 Å². The maximum absolute atomic E-state index is 13.3. The Hall–Kier alpha value is -3.92. The van der Waals surface area contributed by atoms with E-state index >= 15 is 0 Å². The third kappa shape index (κ3) is 6.08. The molecule has 2 aromatic carbocycles. The number of aryl methyl sites for hydroxylation is 1. The predicted octanol–water partition coefficient (Wildman–Crippen LogP) is 4.45. The van der Waals surface area contributed by atoms with Crippen LogP contribution >= 0.6 is 0 Å². The van der Waals surface area contributed by atoms with Gasteiger partial charge in [-0.3, -0.25) is 9.48 Å².